The Morgan fingerprint density at radius 3 is 3.12 bits per heavy atom. The van der Waals surface area contributed by atoms with Crippen molar-refractivity contribution in [2.24, 2.45) is 0 Å². The number of aryl methyl sites for hydroxylation is 1. The van der Waals surface area contributed by atoms with Gasteiger partial charge in [-0.1, -0.05) is 24.3 Å². The van der Waals surface area contributed by atoms with Crippen molar-refractivity contribution in [1.82, 2.24) is 25.3 Å². The van der Waals surface area contributed by atoms with Gasteiger partial charge in [-0.05, 0) is 30.4 Å². The van der Waals surface area contributed by atoms with Crippen LogP contribution >= 0.6 is 0 Å². The van der Waals surface area contributed by atoms with Crippen LogP contribution in [0, 0.1) is 0 Å². The van der Waals surface area contributed by atoms with Gasteiger partial charge in [0.2, 0.25) is 5.91 Å². The van der Waals surface area contributed by atoms with Crippen LogP contribution in [-0.4, -0.2) is 39.4 Å². The number of H-pyrrole nitrogens is 1. The van der Waals surface area contributed by atoms with Crippen LogP contribution in [-0.2, 0) is 11.2 Å². The van der Waals surface area contributed by atoms with Crippen molar-refractivity contribution in [2.75, 3.05) is 18.5 Å². The van der Waals surface area contributed by atoms with Crippen molar-refractivity contribution in [3.05, 3.63) is 48.0 Å². The first-order valence-corrected chi connectivity index (χ1v) is 8.45. The molecule has 2 aromatic heterocycles. The molecule has 1 aliphatic rings. The number of aromatic amines is 1. The van der Waals surface area contributed by atoms with Crippen molar-refractivity contribution >= 4 is 22.9 Å². The summed E-state index contributed by atoms with van der Waals surface area (Å²) in [6.45, 7) is 0.226. The van der Waals surface area contributed by atoms with Gasteiger partial charge in [0.25, 0.3) is 0 Å². The van der Waals surface area contributed by atoms with E-state index in [2.05, 4.69) is 43.5 Å². The molecular weight excluding hydrogens is 316 g/mol. The van der Waals surface area contributed by atoms with Gasteiger partial charge in [-0.2, -0.15) is 0 Å². The highest BCUT2D eigenvalue weighted by atomic mass is 16.2. The molecule has 0 saturated heterocycles. The van der Waals surface area contributed by atoms with Crippen LogP contribution in [0.3, 0.4) is 0 Å². The second-order valence-corrected chi connectivity index (χ2v) is 6.37. The molecular formula is C18H20N6O. The van der Waals surface area contributed by atoms with Gasteiger partial charge in [-0.15, -0.1) is 0 Å². The maximum absolute atomic E-state index is 12.6. The number of likely N-dealkylation sites (N-methyl/N-ethyl adjacent to an activating group) is 1. The molecule has 2 N–H and O–H groups in total. The summed E-state index contributed by atoms with van der Waals surface area (Å²) < 4.78 is 0. The highest BCUT2D eigenvalue weighted by Gasteiger charge is 2.22. The lowest BCUT2D eigenvalue weighted by atomic mass is 9.88. The molecule has 1 unspecified atom stereocenters. The third-order valence-electron chi connectivity index (χ3n) is 4.65. The lowest BCUT2D eigenvalue weighted by Gasteiger charge is -2.27. The molecule has 0 spiro atoms. The number of nitrogens with one attached hydrogen (secondary N) is 2. The summed E-state index contributed by atoms with van der Waals surface area (Å²) in [4.78, 5) is 29.9. The van der Waals surface area contributed by atoms with E-state index in [1.54, 1.807) is 6.33 Å². The molecule has 1 aliphatic carbocycles. The summed E-state index contributed by atoms with van der Waals surface area (Å²) in [6.07, 6.45) is 6.20. The van der Waals surface area contributed by atoms with Crippen molar-refractivity contribution in [2.45, 2.75) is 25.3 Å². The number of nitrogens with zero attached hydrogens (tertiary/aromatic N) is 4. The van der Waals surface area contributed by atoms with Gasteiger partial charge in [-0.25, -0.2) is 15.0 Å². The van der Waals surface area contributed by atoms with Gasteiger partial charge in [0, 0.05) is 7.05 Å². The van der Waals surface area contributed by atoms with E-state index in [9.17, 15) is 4.79 Å². The minimum absolute atomic E-state index is 0.0181. The van der Waals surface area contributed by atoms with Crippen LogP contribution in [0.1, 0.15) is 30.0 Å². The first kappa shape index (κ1) is 15.6. The van der Waals surface area contributed by atoms with Crippen LogP contribution in [0.2, 0.25) is 0 Å². The SMILES string of the molecule is CN(CC(=O)NC1CCCc2ccccc21)c1ncnc2nc[nH]c12. The predicted molar refractivity (Wildman–Crippen MR) is 95.2 cm³/mol. The minimum Gasteiger partial charge on any atom is -0.348 e. The highest BCUT2D eigenvalue weighted by molar-refractivity contribution is 5.87. The predicted octanol–water partition coefficient (Wildman–Crippen LogP) is 1.98. The molecule has 1 amide bonds. The summed E-state index contributed by atoms with van der Waals surface area (Å²) in [7, 11) is 1.84. The van der Waals surface area contributed by atoms with Crippen LogP contribution in [0.15, 0.2) is 36.9 Å². The second kappa shape index (κ2) is 6.51. The van der Waals surface area contributed by atoms with E-state index in [0.717, 1.165) is 24.8 Å². The Morgan fingerprint density at radius 1 is 1.32 bits per heavy atom. The van der Waals surface area contributed by atoms with Crippen molar-refractivity contribution in [3.63, 3.8) is 0 Å². The largest absolute Gasteiger partial charge is 0.348 e. The lowest BCUT2D eigenvalue weighted by Crippen LogP contribution is -2.38. The third kappa shape index (κ3) is 3.05. The fraction of sp³-hybridized carbons (Fsp3) is 0.333. The molecule has 0 fully saturated rings. The van der Waals surface area contributed by atoms with Gasteiger partial charge in [0.05, 0.1) is 18.9 Å². The summed E-state index contributed by atoms with van der Waals surface area (Å²) in [5, 5.41) is 3.17. The summed E-state index contributed by atoms with van der Waals surface area (Å²) >= 11 is 0. The molecule has 25 heavy (non-hydrogen) atoms. The monoisotopic (exact) mass is 336 g/mol. The zero-order valence-corrected chi connectivity index (χ0v) is 14.1. The number of imidazole rings is 1. The topological polar surface area (TPSA) is 86.8 Å². The number of hydrogen-bond acceptors (Lipinski definition) is 5. The summed E-state index contributed by atoms with van der Waals surface area (Å²) in [5.41, 5.74) is 3.91. The molecule has 1 aromatic carbocycles. The first-order valence-electron chi connectivity index (χ1n) is 8.45. The minimum atomic E-state index is -0.0181. The summed E-state index contributed by atoms with van der Waals surface area (Å²) in [5.74, 6) is 0.650. The van der Waals surface area contributed by atoms with Crippen LogP contribution in [0.5, 0.6) is 0 Å². The number of amides is 1. The molecule has 0 saturated carbocycles. The van der Waals surface area contributed by atoms with Gasteiger partial charge in [0.15, 0.2) is 11.5 Å². The molecule has 2 heterocycles. The number of rotatable bonds is 4. The Labute approximate surface area is 145 Å². The van der Waals surface area contributed by atoms with E-state index in [0.29, 0.717) is 11.5 Å². The van der Waals surface area contributed by atoms with E-state index in [-0.39, 0.29) is 18.5 Å². The number of aromatic nitrogens is 4. The quantitative estimate of drug-likeness (QED) is 0.761. The molecule has 0 radical (unpaired) electrons. The maximum atomic E-state index is 12.6. The first-order chi connectivity index (χ1) is 12.2. The van der Waals surface area contributed by atoms with Crippen molar-refractivity contribution in [1.29, 1.82) is 0 Å². The van der Waals surface area contributed by atoms with Crippen LogP contribution < -0.4 is 10.2 Å². The van der Waals surface area contributed by atoms with Gasteiger partial charge < -0.3 is 15.2 Å². The zero-order valence-electron chi connectivity index (χ0n) is 14.1. The van der Waals surface area contributed by atoms with Crippen LogP contribution in [0.25, 0.3) is 11.2 Å². The Morgan fingerprint density at radius 2 is 2.20 bits per heavy atom. The normalized spacial score (nSPS) is 16.4. The Bertz CT molecular complexity index is 905. The van der Waals surface area contributed by atoms with Crippen molar-refractivity contribution in [3.8, 4) is 0 Å². The third-order valence-corrected chi connectivity index (χ3v) is 4.65. The smallest absolute Gasteiger partial charge is 0.240 e. The maximum Gasteiger partial charge on any atom is 0.240 e. The molecule has 7 heteroatoms. The van der Waals surface area contributed by atoms with Gasteiger partial charge in [-0.3, -0.25) is 4.79 Å². The fourth-order valence-corrected chi connectivity index (χ4v) is 3.48. The van der Waals surface area contributed by atoms with Gasteiger partial charge >= 0.3 is 0 Å². The fourth-order valence-electron chi connectivity index (χ4n) is 3.48. The van der Waals surface area contributed by atoms with E-state index in [4.69, 9.17) is 0 Å². The number of anilines is 1. The molecule has 0 aliphatic heterocycles. The molecule has 7 nitrogen and oxygen atoms in total. The molecule has 128 valence electrons. The molecule has 3 aromatic rings. The van der Waals surface area contributed by atoms with E-state index in [1.165, 1.54) is 17.5 Å². The molecule has 1 atom stereocenters. The Hall–Kier alpha value is -2.96. The average molecular weight is 336 g/mol. The second-order valence-electron chi connectivity index (χ2n) is 6.37. The Balaban J connectivity index is 1.47. The number of carbonyl (C=O) groups is 1. The highest BCUT2D eigenvalue weighted by Crippen LogP contribution is 2.29. The van der Waals surface area contributed by atoms with Crippen molar-refractivity contribution < 1.29 is 4.79 Å². The van der Waals surface area contributed by atoms with E-state index >= 15 is 0 Å². The molecule has 0 bridgehead atoms. The number of carbonyl (C=O) groups excluding carboxylic acids is 1. The average Bonchev–Trinajstić information content (AvgIpc) is 3.10. The summed E-state index contributed by atoms with van der Waals surface area (Å²) in [6, 6.07) is 8.44. The molecule has 4 rings (SSSR count). The Kier molecular flexibility index (Phi) is 4.05. The van der Waals surface area contributed by atoms with Crippen LogP contribution in [0.4, 0.5) is 5.82 Å². The number of hydrogen-bond donors (Lipinski definition) is 2. The number of fused-ring (bicyclic) bond motifs is 2. The lowest BCUT2D eigenvalue weighted by molar-refractivity contribution is -0.120. The number of benzene rings is 1. The standard InChI is InChI=1S/C18H20N6O/c1-24(18-16-17(20-10-19-16)21-11-22-18)9-15(25)23-14-8-4-6-12-5-2-3-7-13(12)14/h2-3,5,7,10-11,14H,4,6,8-9H2,1H3,(H,23,25)(H,19,20,21,22). The zero-order chi connectivity index (χ0) is 17.2. The van der Waals surface area contributed by atoms with E-state index in [1.807, 2.05) is 18.0 Å². The van der Waals surface area contributed by atoms with E-state index < -0.39 is 0 Å². The van der Waals surface area contributed by atoms with Gasteiger partial charge in [0.1, 0.15) is 11.8 Å².